The van der Waals surface area contributed by atoms with Gasteiger partial charge in [-0.1, -0.05) is 12.1 Å². The van der Waals surface area contributed by atoms with Gasteiger partial charge in [0.05, 0.1) is 6.61 Å². The fourth-order valence-corrected chi connectivity index (χ4v) is 1.68. The molecule has 0 amide bonds. The van der Waals surface area contributed by atoms with Crippen molar-refractivity contribution in [1.82, 2.24) is 0 Å². The van der Waals surface area contributed by atoms with Crippen LogP contribution in [0.1, 0.15) is 18.0 Å². The van der Waals surface area contributed by atoms with Gasteiger partial charge in [-0.15, -0.1) is 0 Å². The van der Waals surface area contributed by atoms with E-state index in [1.165, 1.54) is 0 Å². The molecule has 0 bridgehead atoms. The average molecular weight is 223 g/mol. The number of hydrogen-bond donors (Lipinski definition) is 2. The molecule has 1 aromatic rings. The molecule has 1 atom stereocenters. The zero-order chi connectivity index (χ0) is 11.5. The molecule has 5 heteroatoms. The molecule has 86 valence electrons. The number of aliphatic carboxylic acids is 1. The molecule has 1 aliphatic rings. The number of carbonyl (C=O) groups is 1. The lowest BCUT2D eigenvalue weighted by Crippen LogP contribution is -2.21. The molecule has 0 fully saturated rings. The normalized spacial score (nSPS) is 18.4. The molecule has 1 aliphatic heterocycles. The Morgan fingerprint density at radius 2 is 2.44 bits per heavy atom. The van der Waals surface area contributed by atoms with Crippen molar-refractivity contribution in [3.63, 3.8) is 0 Å². The monoisotopic (exact) mass is 223 g/mol. The van der Waals surface area contributed by atoms with Crippen molar-refractivity contribution in [2.45, 2.75) is 12.5 Å². The second-order valence-corrected chi connectivity index (χ2v) is 3.60. The first-order valence-corrected chi connectivity index (χ1v) is 5.04. The molecule has 16 heavy (non-hydrogen) atoms. The first kappa shape index (κ1) is 10.8. The molecule has 0 radical (unpaired) electrons. The number of hydrogen-bond acceptors (Lipinski definition) is 4. The van der Waals surface area contributed by atoms with Gasteiger partial charge in [0.2, 0.25) is 0 Å². The van der Waals surface area contributed by atoms with Gasteiger partial charge < -0.3 is 20.3 Å². The van der Waals surface area contributed by atoms with Crippen LogP contribution in [-0.2, 0) is 4.79 Å². The van der Waals surface area contributed by atoms with Crippen LogP contribution in [0.15, 0.2) is 18.2 Å². The quantitative estimate of drug-likeness (QED) is 0.796. The first-order chi connectivity index (χ1) is 7.68. The highest BCUT2D eigenvalue weighted by molar-refractivity contribution is 5.68. The van der Waals surface area contributed by atoms with E-state index in [1.807, 2.05) is 6.07 Å². The first-order valence-electron chi connectivity index (χ1n) is 5.04. The molecule has 0 saturated carbocycles. The van der Waals surface area contributed by atoms with Crippen molar-refractivity contribution in [3.8, 4) is 11.5 Å². The maximum absolute atomic E-state index is 10.4. The van der Waals surface area contributed by atoms with Crippen LogP contribution in [0, 0.1) is 0 Å². The van der Waals surface area contributed by atoms with Gasteiger partial charge in [-0.25, -0.2) is 4.79 Å². The minimum atomic E-state index is -1.02. The topological polar surface area (TPSA) is 81.8 Å². The summed E-state index contributed by atoms with van der Waals surface area (Å²) in [6, 6.07) is 5.26. The highest BCUT2D eigenvalue weighted by Gasteiger charge is 2.21. The van der Waals surface area contributed by atoms with Gasteiger partial charge in [-0.05, 0) is 6.07 Å². The smallest absolute Gasteiger partial charge is 0.341 e. The van der Waals surface area contributed by atoms with Crippen LogP contribution in [-0.4, -0.2) is 24.3 Å². The molecule has 0 aromatic heterocycles. The standard InChI is InChI=1S/C11H13NO4/c12-8-4-5-15-11-7(8)2-1-3-9(11)16-6-10(13)14/h1-3,8H,4-6,12H2,(H,13,14). The van der Waals surface area contributed by atoms with Gasteiger partial charge in [0.25, 0.3) is 0 Å². The Balaban J connectivity index is 2.25. The minimum absolute atomic E-state index is 0.0721. The third-order valence-corrected chi connectivity index (χ3v) is 2.44. The minimum Gasteiger partial charge on any atom is -0.489 e. The predicted octanol–water partition coefficient (Wildman–Crippen LogP) is 0.932. The Labute approximate surface area is 92.8 Å². The number of rotatable bonds is 3. The van der Waals surface area contributed by atoms with Crippen molar-refractivity contribution in [3.05, 3.63) is 23.8 Å². The van der Waals surface area contributed by atoms with Crippen molar-refractivity contribution >= 4 is 5.97 Å². The van der Waals surface area contributed by atoms with Crippen molar-refractivity contribution < 1.29 is 19.4 Å². The number of para-hydroxylation sites is 1. The SMILES string of the molecule is NC1CCOc2c(OCC(=O)O)cccc21. The molecule has 5 nitrogen and oxygen atoms in total. The summed E-state index contributed by atoms with van der Waals surface area (Å²) >= 11 is 0. The van der Waals surface area contributed by atoms with Crippen LogP contribution in [0.3, 0.4) is 0 Å². The van der Waals surface area contributed by atoms with Crippen molar-refractivity contribution in [2.24, 2.45) is 5.73 Å². The molecular formula is C11H13NO4. The second-order valence-electron chi connectivity index (χ2n) is 3.60. The summed E-state index contributed by atoms with van der Waals surface area (Å²) in [5, 5.41) is 8.54. The Bertz CT molecular complexity index is 405. The van der Waals surface area contributed by atoms with E-state index in [0.29, 0.717) is 18.1 Å². The van der Waals surface area contributed by atoms with Crippen LogP contribution in [0.2, 0.25) is 0 Å². The van der Waals surface area contributed by atoms with Gasteiger partial charge >= 0.3 is 5.97 Å². The van der Waals surface area contributed by atoms with E-state index < -0.39 is 5.97 Å². The molecule has 0 spiro atoms. The lowest BCUT2D eigenvalue weighted by atomic mass is 10.0. The van der Waals surface area contributed by atoms with Crippen LogP contribution >= 0.6 is 0 Å². The van der Waals surface area contributed by atoms with E-state index >= 15 is 0 Å². The summed E-state index contributed by atoms with van der Waals surface area (Å²) in [6.07, 6.45) is 0.759. The maximum atomic E-state index is 10.4. The molecule has 0 aliphatic carbocycles. The fraction of sp³-hybridized carbons (Fsp3) is 0.364. The summed E-state index contributed by atoms with van der Waals surface area (Å²) in [5.74, 6) is -0.00439. The Hall–Kier alpha value is -1.75. The molecule has 1 unspecified atom stereocenters. The number of ether oxygens (including phenoxy) is 2. The zero-order valence-electron chi connectivity index (χ0n) is 8.68. The predicted molar refractivity (Wildman–Crippen MR) is 56.6 cm³/mol. The zero-order valence-corrected chi connectivity index (χ0v) is 8.68. The number of fused-ring (bicyclic) bond motifs is 1. The largest absolute Gasteiger partial charge is 0.489 e. The molecule has 3 N–H and O–H groups in total. The Morgan fingerprint density at radius 1 is 1.62 bits per heavy atom. The van der Waals surface area contributed by atoms with E-state index in [2.05, 4.69) is 0 Å². The van der Waals surface area contributed by atoms with Crippen LogP contribution in [0.4, 0.5) is 0 Å². The van der Waals surface area contributed by atoms with Crippen LogP contribution < -0.4 is 15.2 Å². The molecule has 1 heterocycles. The van der Waals surface area contributed by atoms with Gasteiger partial charge in [0, 0.05) is 18.0 Å². The fourth-order valence-electron chi connectivity index (χ4n) is 1.68. The van der Waals surface area contributed by atoms with Gasteiger partial charge in [-0.2, -0.15) is 0 Å². The summed E-state index contributed by atoms with van der Waals surface area (Å²) < 4.78 is 10.6. The summed E-state index contributed by atoms with van der Waals surface area (Å²) in [7, 11) is 0. The van der Waals surface area contributed by atoms with E-state index in [-0.39, 0.29) is 12.6 Å². The maximum Gasteiger partial charge on any atom is 0.341 e. The summed E-state index contributed by atoms with van der Waals surface area (Å²) in [4.78, 5) is 10.4. The third kappa shape index (κ3) is 2.09. The molecular weight excluding hydrogens is 210 g/mol. The molecule has 0 saturated heterocycles. The lowest BCUT2D eigenvalue weighted by Gasteiger charge is -2.24. The summed E-state index contributed by atoms with van der Waals surface area (Å²) in [5.41, 5.74) is 6.79. The van der Waals surface area contributed by atoms with Gasteiger partial charge in [0.15, 0.2) is 18.1 Å². The highest BCUT2D eigenvalue weighted by atomic mass is 16.5. The lowest BCUT2D eigenvalue weighted by molar-refractivity contribution is -0.139. The van der Waals surface area contributed by atoms with E-state index in [0.717, 1.165) is 12.0 Å². The van der Waals surface area contributed by atoms with E-state index in [4.69, 9.17) is 20.3 Å². The molecule has 1 aromatic carbocycles. The van der Waals surface area contributed by atoms with Gasteiger partial charge in [0.1, 0.15) is 0 Å². The van der Waals surface area contributed by atoms with Gasteiger partial charge in [-0.3, -0.25) is 0 Å². The Kier molecular flexibility index (Phi) is 2.96. The van der Waals surface area contributed by atoms with Crippen molar-refractivity contribution in [2.75, 3.05) is 13.2 Å². The Morgan fingerprint density at radius 3 is 3.19 bits per heavy atom. The average Bonchev–Trinajstić information content (AvgIpc) is 2.27. The number of carboxylic acids is 1. The number of carboxylic acid groups (broad SMARTS) is 1. The molecule has 2 rings (SSSR count). The number of benzene rings is 1. The van der Waals surface area contributed by atoms with Crippen LogP contribution in [0.25, 0.3) is 0 Å². The highest BCUT2D eigenvalue weighted by Crippen LogP contribution is 2.38. The van der Waals surface area contributed by atoms with E-state index in [1.54, 1.807) is 12.1 Å². The van der Waals surface area contributed by atoms with Crippen LogP contribution in [0.5, 0.6) is 11.5 Å². The summed E-state index contributed by atoms with van der Waals surface area (Å²) in [6.45, 7) is 0.149. The van der Waals surface area contributed by atoms with Crippen molar-refractivity contribution in [1.29, 1.82) is 0 Å². The second kappa shape index (κ2) is 4.40. The third-order valence-electron chi connectivity index (χ3n) is 2.44. The van der Waals surface area contributed by atoms with E-state index in [9.17, 15) is 4.79 Å². The number of nitrogens with two attached hydrogens (primary N) is 1.